The van der Waals surface area contributed by atoms with Gasteiger partial charge in [0, 0.05) is 30.7 Å². The van der Waals surface area contributed by atoms with Crippen molar-refractivity contribution >= 4 is 27.4 Å². The van der Waals surface area contributed by atoms with Crippen molar-refractivity contribution in [2.45, 2.75) is 26.1 Å². The van der Waals surface area contributed by atoms with Crippen molar-refractivity contribution in [2.24, 2.45) is 7.05 Å². The number of alkyl halides is 1. The maximum Gasteiger partial charge on any atom is 0.135 e. The van der Waals surface area contributed by atoms with E-state index in [1.807, 2.05) is 11.7 Å². The molecule has 0 bridgehead atoms. The number of benzene rings is 1. The van der Waals surface area contributed by atoms with Crippen LogP contribution >= 0.6 is 15.9 Å². The maximum atomic E-state index is 4.52. The van der Waals surface area contributed by atoms with Gasteiger partial charge in [-0.05, 0) is 44.0 Å². The summed E-state index contributed by atoms with van der Waals surface area (Å²) >= 11 is 3.56. The molecule has 0 radical (unpaired) electrons. The van der Waals surface area contributed by atoms with E-state index in [1.165, 1.54) is 22.4 Å². The molecule has 0 saturated carbocycles. The summed E-state index contributed by atoms with van der Waals surface area (Å²) < 4.78 is 1.95. The van der Waals surface area contributed by atoms with Gasteiger partial charge in [0.2, 0.25) is 0 Å². The zero-order valence-corrected chi connectivity index (χ0v) is 13.7. The summed E-state index contributed by atoms with van der Waals surface area (Å²) in [6, 6.07) is 6.60. The highest BCUT2D eigenvalue weighted by Crippen LogP contribution is 2.31. The van der Waals surface area contributed by atoms with Gasteiger partial charge in [-0.25, -0.2) is 0 Å². The van der Waals surface area contributed by atoms with Crippen LogP contribution in [0.25, 0.3) is 0 Å². The Morgan fingerprint density at radius 3 is 2.26 bits per heavy atom. The van der Waals surface area contributed by atoms with Crippen molar-refractivity contribution in [3.05, 3.63) is 40.6 Å². The van der Waals surface area contributed by atoms with Crippen LogP contribution in [-0.4, -0.2) is 16.8 Å². The molecule has 0 N–H and O–H groups in total. The lowest BCUT2D eigenvalue weighted by molar-refractivity contribution is 0.750. The maximum absolute atomic E-state index is 4.52. The van der Waals surface area contributed by atoms with Crippen LogP contribution in [-0.2, 0) is 12.4 Å². The Hall–Kier alpha value is -1.29. The van der Waals surface area contributed by atoms with Crippen LogP contribution in [0.3, 0.4) is 0 Å². The fraction of sp³-hybridized carbons (Fsp3) is 0.400. The summed E-state index contributed by atoms with van der Waals surface area (Å²) in [6.07, 6.45) is 0. The second-order valence-electron chi connectivity index (χ2n) is 5.05. The molecular formula is C15H20BrN3. The van der Waals surface area contributed by atoms with Crippen molar-refractivity contribution in [3.8, 4) is 0 Å². The monoisotopic (exact) mass is 321 g/mol. The lowest BCUT2D eigenvalue weighted by Gasteiger charge is -2.22. The molecule has 0 saturated heterocycles. The first-order valence-corrected chi connectivity index (χ1v) is 7.46. The Balaban J connectivity index is 2.52. The fourth-order valence-electron chi connectivity index (χ4n) is 2.53. The number of hydrogen-bond acceptors (Lipinski definition) is 2. The van der Waals surface area contributed by atoms with Gasteiger partial charge < -0.3 is 4.90 Å². The molecule has 0 atom stereocenters. The van der Waals surface area contributed by atoms with Gasteiger partial charge in [-0.1, -0.05) is 22.0 Å². The molecule has 1 heterocycles. The predicted octanol–water partition coefficient (Wildman–Crippen LogP) is 4.01. The Morgan fingerprint density at radius 2 is 1.74 bits per heavy atom. The van der Waals surface area contributed by atoms with Gasteiger partial charge in [-0.2, -0.15) is 5.10 Å². The van der Waals surface area contributed by atoms with Crippen LogP contribution in [0.2, 0.25) is 0 Å². The van der Waals surface area contributed by atoms with E-state index in [0.29, 0.717) is 0 Å². The van der Waals surface area contributed by atoms with Crippen LogP contribution in [0.5, 0.6) is 0 Å². The van der Waals surface area contributed by atoms with Gasteiger partial charge >= 0.3 is 0 Å². The standard InChI is InChI=1S/C15H20BrN3/c1-10-6-11(2)8-13(7-10)18(4)15-14(9-16)12(3)17-19(15)5/h6-8H,9H2,1-5H3. The number of nitrogens with zero attached hydrogens (tertiary/aromatic N) is 3. The first kappa shape index (κ1) is 14.1. The molecule has 2 rings (SSSR count). The van der Waals surface area contributed by atoms with Crippen LogP contribution in [0, 0.1) is 20.8 Å². The fourth-order valence-corrected chi connectivity index (χ4v) is 3.19. The van der Waals surface area contributed by atoms with Crippen molar-refractivity contribution in [3.63, 3.8) is 0 Å². The van der Waals surface area contributed by atoms with E-state index in [0.717, 1.165) is 16.8 Å². The number of hydrogen-bond donors (Lipinski definition) is 0. The molecule has 1 aromatic heterocycles. The molecule has 0 amide bonds. The number of rotatable bonds is 3. The number of aryl methyl sites for hydroxylation is 4. The average Bonchev–Trinajstić information content (AvgIpc) is 2.61. The minimum Gasteiger partial charge on any atom is -0.329 e. The van der Waals surface area contributed by atoms with E-state index in [4.69, 9.17) is 0 Å². The number of anilines is 2. The molecule has 4 heteroatoms. The molecule has 0 aliphatic rings. The third-order valence-corrected chi connectivity index (χ3v) is 3.92. The van der Waals surface area contributed by atoms with Gasteiger partial charge in [0.05, 0.1) is 5.69 Å². The summed E-state index contributed by atoms with van der Waals surface area (Å²) in [5, 5.41) is 5.33. The van der Waals surface area contributed by atoms with Crippen molar-refractivity contribution in [1.82, 2.24) is 9.78 Å². The molecule has 102 valence electrons. The van der Waals surface area contributed by atoms with Gasteiger partial charge in [0.25, 0.3) is 0 Å². The summed E-state index contributed by atoms with van der Waals surface area (Å²) in [5.41, 5.74) is 6.07. The second kappa shape index (κ2) is 5.37. The molecule has 2 aromatic rings. The minimum atomic E-state index is 0.817. The summed E-state index contributed by atoms with van der Waals surface area (Å²) in [7, 11) is 4.09. The average molecular weight is 322 g/mol. The van der Waals surface area contributed by atoms with Gasteiger partial charge in [-0.15, -0.1) is 0 Å². The molecule has 1 aromatic carbocycles. The van der Waals surface area contributed by atoms with Gasteiger partial charge in [0.1, 0.15) is 5.82 Å². The predicted molar refractivity (Wildman–Crippen MR) is 84.6 cm³/mol. The van der Waals surface area contributed by atoms with Gasteiger partial charge in [-0.3, -0.25) is 4.68 Å². The molecule has 0 aliphatic heterocycles. The summed E-state index contributed by atoms with van der Waals surface area (Å²) in [5.74, 6) is 1.14. The lowest BCUT2D eigenvalue weighted by Crippen LogP contribution is -2.15. The number of halogens is 1. The third-order valence-electron chi connectivity index (χ3n) is 3.36. The molecule has 0 fully saturated rings. The van der Waals surface area contributed by atoms with Crippen LogP contribution in [0.1, 0.15) is 22.4 Å². The Morgan fingerprint density at radius 1 is 1.16 bits per heavy atom. The Kier molecular flexibility index (Phi) is 3.99. The van der Waals surface area contributed by atoms with Crippen LogP contribution in [0.4, 0.5) is 11.5 Å². The zero-order chi connectivity index (χ0) is 14.2. The van der Waals surface area contributed by atoms with E-state index < -0.39 is 0 Å². The Bertz CT molecular complexity index is 581. The normalized spacial score (nSPS) is 10.8. The molecule has 19 heavy (non-hydrogen) atoms. The van der Waals surface area contributed by atoms with E-state index in [1.54, 1.807) is 0 Å². The van der Waals surface area contributed by atoms with Crippen molar-refractivity contribution in [2.75, 3.05) is 11.9 Å². The summed E-state index contributed by atoms with van der Waals surface area (Å²) in [4.78, 5) is 2.20. The second-order valence-corrected chi connectivity index (χ2v) is 5.61. The highest BCUT2D eigenvalue weighted by atomic mass is 79.9. The lowest BCUT2D eigenvalue weighted by atomic mass is 10.1. The highest BCUT2D eigenvalue weighted by Gasteiger charge is 2.17. The van der Waals surface area contributed by atoms with Crippen molar-refractivity contribution in [1.29, 1.82) is 0 Å². The Labute approximate surface area is 123 Å². The largest absolute Gasteiger partial charge is 0.329 e. The van der Waals surface area contributed by atoms with E-state index >= 15 is 0 Å². The summed E-state index contributed by atoms with van der Waals surface area (Å²) in [6.45, 7) is 6.31. The topological polar surface area (TPSA) is 21.1 Å². The van der Waals surface area contributed by atoms with Crippen molar-refractivity contribution < 1.29 is 0 Å². The van der Waals surface area contributed by atoms with Crippen LogP contribution < -0.4 is 4.90 Å². The molecular weight excluding hydrogens is 302 g/mol. The first-order chi connectivity index (χ1) is 8.93. The number of aromatic nitrogens is 2. The van der Waals surface area contributed by atoms with E-state index in [9.17, 15) is 0 Å². The first-order valence-electron chi connectivity index (χ1n) is 6.34. The highest BCUT2D eigenvalue weighted by molar-refractivity contribution is 9.08. The van der Waals surface area contributed by atoms with Crippen LogP contribution in [0.15, 0.2) is 18.2 Å². The van der Waals surface area contributed by atoms with E-state index in [-0.39, 0.29) is 0 Å². The molecule has 0 aliphatic carbocycles. The molecule has 0 unspecified atom stereocenters. The molecule has 3 nitrogen and oxygen atoms in total. The quantitative estimate of drug-likeness (QED) is 0.796. The zero-order valence-electron chi connectivity index (χ0n) is 12.2. The molecule has 0 spiro atoms. The third kappa shape index (κ3) is 2.68. The SMILES string of the molecule is Cc1cc(C)cc(N(C)c2c(CBr)c(C)nn2C)c1. The van der Waals surface area contributed by atoms with Gasteiger partial charge in [0.15, 0.2) is 0 Å². The minimum absolute atomic E-state index is 0.817. The van der Waals surface area contributed by atoms with E-state index in [2.05, 4.69) is 71.9 Å². The smallest absolute Gasteiger partial charge is 0.135 e.